The zero-order valence-electron chi connectivity index (χ0n) is 12.5. The van der Waals surface area contributed by atoms with E-state index in [1.807, 2.05) is 0 Å². The third-order valence-corrected chi connectivity index (χ3v) is 3.54. The number of aromatic hydroxyl groups is 1. The number of hydrogen-bond acceptors (Lipinski definition) is 4. The molecule has 5 nitrogen and oxygen atoms in total. The molecule has 3 rings (SSSR count). The molecule has 0 saturated carbocycles. The van der Waals surface area contributed by atoms with Crippen LogP contribution in [0.4, 0.5) is 17.2 Å². The maximum atomic E-state index is 12.3. The van der Waals surface area contributed by atoms with Gasteiger partial charge in [-0.05, 0) is 60.7 Å². The molecule has 24 heavy (non-hydrogen) atoms. The Balaban J connectivity index is 1.79. The summed E-state index contributed by atoms with van der Waals surface area (Å²) in [4.78, 5) is 16.6. The highest BCUT2D eigenvalue weighted by atomic mass is 35.5. The molecule has 0 saturated heterocycles. The minimum atomic E-state index is -0.256. The minimum absolute atomic E-state index is 0.179. The van der Waals surface area contributed by atoms with Crippen molar-refractivity contribution in [3.05, 3.63) is 77.4 Å². The number of aromatic nitrogens is 1. The minimum Gasteiger partial charge on any atom is -0.508 e. The van der Waals surface area contributed by atoms with Gasteiger partial charge in [0.15, 0.2) is 5.82 Å². The molecule has 6 heteroatoms. The van der Waals surface area contributed by atoms with Crippen LogP contribution < -0.4 is 10.6 Å². The first-order valence-electron chi connectivity index (χ1n) is 7.20. The predicted octanol–water partition coefficient (Wildman–Crippen LogP) is 4.44. The number of pyridine rings is 1. The summed E-state index contributed by atoms with van der Waals surface area (Å²) in [6, 6.07) is 16.7. The lowest BCUT2D eigenvalue weighted by Crippen LogP contribution is -2.13. The van der Waals surface area contributed by atoms with Gasteiger partial charge in [-0.2, -0.15) is 0 Å². The lowest BCUT2D eigenvalue weighted by atomic mass is 10.2. The Kier molecular flexibility index (Phi) is 4.63. The maximum absolute atomic E-state index is 12.3. The van der Waals surface area contributed by atoms with Crippen LogP contribution in [0.3, 0.4) is 0 Å². The second-order valence-electron chi connectivity index (χ2n) is 5.03. The van der Waals surface area contributed by atoms with E-state index in [4.69, 9.17) is 11.6 Å². The van der Waals surface area contributed by atoms with Crippen LogP contribution in [-0.2, 0) is 0 Å². The number of phenols is 1. The fraction of sp³-hybridized carbons (Fsp3) is 0. The molecule has 1 amide bonds. The lowest BCUT2D eigenvalue weighted by Gasteiger charge is -2.12. The highest BCUT2D eigenvalue weighted by molar-refractivity contribution is 6.30. The summed E-state index contributed by atoms with van der Waals surface area (Å²) in [5, 5.41) is 15.8. The molecule has 1 heterocycles. The Morgan fingerprint density at radius 1 is 1.00 bits per heavy atom. The number of anilines is 3. The van der Waals surface area contributed by atoms with Gasteiger partial charge in [-0.3, -0.25) is 4.79 Å². The molecular formula is C18H14ClN3O2. The van der Waals surface area contributed by atoms with E-state index >= 15 is 0 Å². The number of halogens is 1. The number of hydrogen-bond donors (Lipinski definition) is 3. The fourth-order valence-electron chi connectivity index (χ4n) is 2.08. The van der Waals surface area contributed by atoms with Crippen molar-refractivity contribution in [1.29, 1.82) is 0 Å². The van der Waals surface area contributed by atoms with Crippen LogP contribution in [0.5, 0.6) is 5.75 Å². The molecule has 3 N–H and O–H groups in total. The highest BCUT2D eigenvalue weighted by Gasteiger charge is 2.10. The van der Waals surface area contributed by atoms with Gasteiger partial charge in [-0.15, -0.1) is 0 Å². The van der Waals surface area contributed by atoms with Gasteiger partial charge in [0.1, 0.15) is 5.75 Å². The fourth-order valence-corrected chi connectivity index (χ4v) is 2.21. The van der Waals surface area contributed by atoms with Gasteiger partial charge < -0.3 is 15.7 Å². The van der Waals surface area contributed by atoms with Crippen molar-refractivity contribution in [1.82, 2.24) is 4.98 Å². The first-order valence-corrected chi connectivity index (χ1v) is 7.57. The summed E-state index contributed by atoms with van der Waals surface area (Å²) in [5.41, 5.74) is 1.79. The van der Waals surface area contributed by atoms with Crippen LogP contribution >= 0.6 is 11.6 Å². The number of nitrogens with one attached hydrogen (secondary N) is 2. The van der Waals surface area contributed by atoms with Crippen LogP contribution in [0.15, 0.2) is 66.9 Å². The smallest absolute Gasteiger partial charge is 0.255 e. The number of amides is 1. The molecule has 0 aliphatic heterocycles. The van der Waals surface area contributed by atoms with E-state index in [0.29, 0.717) is 22.1 Å². The van der Waals surface area contributed by atoms with Crippen LogP contribution in [-0.4, -0.2) is 16.0 Å². The molecule has 3 aromatic rings. The molecule has 0 radical (unpaired) electrons. The summed E-state index contributed by atoms with van der Waals surface area (Å²) in [6.45, 7) is 0. The normalized spacial score (nSPS) is 10.2. The van der Waals surface area contributed by atoms with Crippen molar-refractivity contribution in [2.75, 3.05) is 10.6 Å². The molecule has 0 atom stereocenters. The number of nitrogens with zero attached hydrogens (tertiary/aromatic N) is 1. The van der Waals surface area contributed by atoms with Gasteiger partial charge in [0.05, 0.1) is 5.69 Å². The number of rotatable bonds is 4. The molecule has 0 aliphatic carbocycles. The van der Waals surface area contributed by atoms with E-state index in [0.717, 1.165) is 5.69 Å². The van der Waals surface area contributed by atoms with Gasteiger partial charge in [0, 0.05) is 22.5 Å². The first-order chi connectivity index (χ1) is 11.6. The number of benzene rings is 2. The van der Waals surface area contributed by atoms with E-state index in [2.05, 4.69) is 15.6 Å². The van der Waals surface area contributed by atoms with Crippen LogP contribution in [0.25, 0.3) is 0 Å². The topological polar surface area (TPSA) is 74.2 Å². The van der Waals surface area contributed by atoms with Crippen LogP contribution in [0.1, 0.15) is 10.4 Å². The zero-order valence-corrected chi connectivity index (χ0v) is 13.3. The third kappa shape index (κ3) is 3.83. The van der Waals surface area contributed by atoms with Gasteiger partial charge in [-0.25, -0.2) is 4.98 Å². The molecule has 0 unspecified atom stereocenters. The van der Waals surface area contributed by atoms with E-state index in [1.54, 1.807) is 66.9 Å². The standard InChI is InChI=1S/C18H14ClN3O2/c19-13-5-3-12(4-6-13)18(24)22-16-2-1-11-20-17(16)21-14-7-9-15(23)10-8-14/h1-11,23H,(H,20,21)(H,22,24). The third-order valence-electron chi connectivity index (χ3n) is 3.29. The molecular weight excluding hydrogens is 326 g/mol. The van der Waals surface area contributed by atoms with E-state index in [9.17, 15) is 9.90 Å². The monoisotopic (exact) mass is 339 g/mol. The Bertz CT molecular complexity index is 849. The summed E-state index contributed by atoms with van der Waals surface area (Å²) < 4.78 is 0. The first kappa shape index (κ1) is 15.8. The summed E-state index contributed by atoms with van der Waals surface area (Å²) in [7, 11) is 0. The second-order valence-corrected chi connectivity index (χ2v) is 5.47. The Hall–Kier alpha value is -3.05. The lowest BCUT2D eigenvalue weighted by molar-refractivity contribution is 0.102. The molecule has 1 aromatic heterocycles. The highest BCUT2D eigenvalue weighted by Crippen LogP contribution is 2.24. The van der Waals surface area contributed by atoms with E-state index in [-0.39, 0.29) is 11.7 Å². The Morgan fingerprint density at radius 3 is 2.42 bits per heavy atom. The van der Waals surface area contributed by atoms with Crippen molar-refractivity contribution in [3.8, 4) is 5.75 Å². The predicted molar refractivity (Wildman–Crippen MR) is 95.0 cm³/mol. The van der Waals surface area contributed by atoms with Crippen molar-refractivity contribution < 1.29 is 9.90 Å². The number of phenolic OH excluding ortho intramolecular Hbond substituents is 1. The summed E-state index contributed by atoms with van der Waals surface area (Å²) in [6.07, 6.45) is 1.63. The molecule has 120 valence electrons. The quantitative estimate of drug-likeness (QED) is 0.614. The molecule has 0 aliphatic rings. The molecule has 0 bridgehead atoms. The van der Waals surface area contributed by atoms with Crippen LogP contribution in [0.2, 0.25) is 5.02 Å². The molecule has 2 aromatic carbocycles. The Labute approximate surface area is 143 Å². The molecule has 0 spiro atoms. The maximum Gasteiger partial charge on any atom is 0.255 e. The number of carbonyl (C=O) groups is 1. The SMILES string of the molecule is O=C(Nc1cccnc1Nc1ccc(O)cc1)c1ccc(Cl)cc1. The van der Waals surface area contributed by atoms with Crippen molar-refractivity contribution in [3.63, 3.8) is 0 Å². The average Bonchev–Trinajstić information content (AvgIpc) is 2.59. The van der Waals surface area contributed by atoms with E-state index < -0.39 is 0 Å². The largest absolute Gasteiger partial charge is 0.508 e. The van der Waals surface area contributed by atoms with Gasteiger partial charge >= 0.3 is 0 Å². The number of carbonyl (C=O) groups excluding carboxylic acids is 1. The molecule has 0 fully saturated rings. The van der Waals surface area contributed by atoms with Crippen molar-refractivity contribution in [2.45, 2.75) is 0 Å². The van der Waals surface area contributed by atoms with Gasteiger partial charge in [0.2, 0.25) is 0 Å². The average molecular weight is 340 g/mol. The van der Waals surface area contributed by atoms with Gasteiger partial charge in [0.25, 0.3) is 5.91 Å². The van der Waals surface area contributed by atoms with Crippen molar-refractivity contribution >= 4 is 34.7 Å². The zero-order chi connectivity index (χ0) is 16.9. The summed E-state index contributed by atoms with van der Waals surface area (Å²) in [5.74, 6) is 0.428. The van der Waals surface area contributed by atoms with Crippen molar-refractivity contribution in [2.24, 2.45) is 0 Å². The Morgan fingerprint density at radius 2 is 1.71 bits per heavy atom. The van der Waals surface area contributed by atoms with Crippen LogP contribution in [0, 0.1) is 0 Å². The van der Waals surface area contributed by atoms with Gasteiger partial charge in [-0.1, -0.05) is 11.6 Å². The van der Waals surface area contributed by atoms with E-state index in [1.165, 1.54) is 0 Å². The second kappa shape index (κ2) is 7.02. The summed E-state index contributed by atoms with van der Waals surface area (Å²) >= 11 is 5.83.